The third kappa shape index (κ3) is 4.70. The maximum Gasteiger partial charge on any atom is 0.321 e. The third-order valence-corrected chi connectivity index (χ3v) is 3.34. The molecule has 0 bridgehead atoms. The van der Waals surface area contributed by atoms with Crippen molar-refractivity contribution in [1.82, 2.24) is 14.9 Å². The molecule has 2 N–H and O–H groups in total. The highest BCUT2D eigenvalue weighted by atomic mass is 32.2. The molecular weight excluding hydrogens is 250 g/mol. The summed E-state index contributed by atoms with van der Waals surface area (Å²) in [6, 6.07) is -0.530. The maximum absolute atomic E-state index is 11.1. The zero-order chi connectivity index (χ0) is 13.9. The lowest BCUT2D eigenvalue weighted by atomic mass is 10.1. The molecule has 1 aromatic heterocycles. The Balaban J connectivity index is 2.71. The Bertz CT molecular complexity index is 410. The van der Waals surface area contributed by atoms with Crippen molar-refractivity contribution >= 4 is 17.7 Å². The minimum Gasteiger partial charge on any atom is -0.480 e. The number of carboxylic acid groups (broad SMARTS) is 1. The first kappa shape index (κ1) is 15.0. The van der Waals surface area contributed by atoms with Gasteiger partial charge in [-0.25, -0.2) is 4.98 Å². The number of hydrogen-bond acceptors (Lipinski definition) is 4. The quantitative estimate of drug-likeness (QED) is 0.800. The van der Waals surface area contributed by atoms with Gasteiger partial charge in [-0.1, -0.05) is 32.5 Å². The molecule has 5 nitrogen and oxygen atoms in total. The first-order valence-corrected chi connectivity index (χ1v) is 6.63. The number of likely N-dealkylation sites (N-methyl/N-ethyl adjacent to an activating group) is 1. The van der Waals surface area contributed by atoms with E-state index in [2.05, 4.69) is 30.7 Å². The van der Waals surface area contributed by atoms with Crippen LogP contribution in [0.15, 0.2) is 11.4 Å². The summed E-state index contributed by atoms with van der Waals surface area (Å²) in [7, 11) is 3.53. The molecule has 0 saturated carbocycles. The molecule has 102 valence electrons. The van der Waals surface area contributed by atoms with Crippen LogP contribution < -0.4 is 0 Å². The molecule has 0 spiro atoms. The summed E-state index contributed by atoms with van der Waals surface area (Å²) in [6.45, 7) is 6.33. The van der Waals surface area contributed by atoms with Crippen molar-refractivity contribution in [1.29, 1.82) is 0 Å². The van der Waals surface area contributed by atoms with Gasteiger partial charge in [0.2, 0.25) is 0 Å². The minimum absolute atomic E-state index is 0.0862. The lowest BCUT2D eigenvalue weighted by molar-refractivity contribution is -0.142. The van der Waals surface area contributed by atoms with E-state index in [0.29, 0.717) is 6.42 Å². The summed E-state index contributed by atoms with van der Waals surface area (Å²) in [4.78, 5) is 20.2. The van der Waals surface area contributed by atoms with Crippen molar-refractivity contribution in [3.63, 3.8) is 0 Å². The van der Waals surface area contributed by atoms with Crippen LogP contribution in [-0.2, 0) is 11.2 Å². The van der Waals surface area contributed by atoms with Crippen molar-refractivity contribution in [3.8, 4) is 0 Å². The van der Waals surface area contributed by atoms with Crippen LogP contribution >= 0.6 is 11.8 Å². The number of aromatic nitrogens is 2. The fourth-order valence-corrected chi connectivity index (χ4v) is 2.35. The third-order valence-electron chi connectivity index (χ3n) is 2.33. The van der Waals surface area contributed by atoms with E-state index < -0.39 is 12.0 Å². The lowest BCUT2D eigenvalue weighted by Gasteiger charge is -2.19. The summed E-state index contributed by atoms with van der Waals surface area (Å²) >= 11 is 1.64. The molecule has 0 aliphatic carbocycles. The number of rotatable bonds is 5. The smallest absolute Gasteiger partial charge is 0.321 e. The molecule has 1 atom stereocenters. The number of nitrogens with one attached hydrogen (secondary N) is 1. The fourth-order valence-electron chi connectivity index (χ4n) is 1.48. The zero-order valence-electron chi connectivity index (χ0n) is 11.5. The van der Waals surface area contributed by atoms with Gasteiger partial charge in [-0.3, -0.25) is 9.69 Å². The van der Waals surface area contributed by atoms with Gasteiger partial charge in [-0.05, 0) is 14.1 Å². The van der Waals surface area contributed by atoms with Gasteiger partial charge in [-0.15, -0.1) is 0 Å². The van der Waals surface area contributed by atoms with E-state index in [9.17, 15) is 4.79 Å². The first-order valence-electron chi connectivity index (χ1n) is 5.81. The normalized spacial score (nSPS) is 13.9. The van der Waals surface area contributed by atoms with Crippen LogP contribution in [0.3, 0.4) is 0 Å². The largest absolute Gasteiger partial charge is 0.480 e. The number of nitrogens with zero attached hydrogens (tertiary/aromatic N) is 2. The highest BCUT2D eigenvalue weighted by Gasteiger charge is 2.22. The molecule has 0 saturated heterocycles. The molecule has 0 aliphatic heterocycles. The Labute approximate surface area is 112 Å². The second-order valence-corrected chi connectivity index (χ2v) is 7.27. The van der Waals surface area contributed by atoms with Crippen molar-refractivity contribution in [2.45, 2.75) is 43.1 Å². The van der Waals surface area contributed by atoms with Gasteiger partial charge in [0.1, 0.15) is 6.04 Å². The van der Waals surface area contributed by atoms with E-state index in [0.717, 1.165) is 10.9 Å². The minimum atomic E-state index is -0.820. The molecule has 18 heavy (non-hydrogen) atoms. The summed E-state index contributed by atoms with van der Waals surface area (Å²) in [5.41, 5.74) is 0.850. The number of aromatic amines is 1. The van der Waals surface area contributed by atoms with Crippen LogP contribution in [0.4, 0.5) is 0 Å². The Kier molecular flexibility index (Phi) is 4.81. The fraction of sp³-hybridized carbons (Fsp3) is 0.667. The second-order valence-electron chi connectivity index (χ2n) is 5.45. The van der Waals surface area contributed by atoms with Crippen LogP contribution in [0.2, 0.25) is 0 Å². The molecule has 1 heterocycles. The predicted octanol–water partition coefficient (Wildman–Crippen LogP) is 1.86. The zero-order valence-corrected chi connectivity index (χ0v) is 12.3. The first-order chi connectivity index (χ1) is 8.19. The summed E-state index contributed by atoms with van der Waals surface area (Å²) < 4.78 is 0.0862. The summed E-state index contributed by atoms with van der Waals surface area (Å²) in [5.74, 6) is -0.820. The molecule has 0 fully saturated rings. The van der Waals surface area contributed by atoms with Crippen LogP contribution in [0.1, 0.15) is 26.5 Å². The van der Waals surface area contributed by atoms with Gasteiger partial charge in [0.25, 0.3) is 0 Å². The highest BCUT2D eigenvalue weighted by molar-refractivity contribution is 8.00. The SMILES string of the molecule is CN(C)[C@@H](Cc1cnc(SC(C)(C)C)[nH]1)C(=O)O. The number of aliphatic carboxylic acids is 1. The van der Waals surface area contributed by atoms with Gasteiger partial charge < -0.3 is 10.1 Å². The Morgan fingerprint density at radius 3 is 2.61 bits per heavy atom. The molecular formula is C12H21N3O2S. The number of thioether (sulfide) groups is 1. The van der Waals surface area contributed by atoms with Crippen LogP contribution in [0.5, 0.6) is 0 Å². The van der Waals surface area contributed by atoms with Gasteiger partial charge in [0.05, 0.1) is 0 Å². The molecule has 6 heteroatoms. The molecule has 0 aliphatic rings. The number of hydrogen-bond donors (Lipinski definition) is 2. The van der Waals surface area contributed by atoms with Crippen molar-refractivity contribution < 1.29 is 9.90 Å². The molecule has 0 unspecified atom stereocenters. The Hall–Kier alpha value is -1.01. The van der Waals surface area contributed by atoms with Gasteiger partial charge in [0, 0.05) is 23.1 Å². The van der Waals surface area contributed by atoms with Crippen molar-refractivity contribution in [2.75, 3.05) is 14.1 Å². The summed E-state index contributed by atoms with van der Waals surface area (Å²) in [5, 5.41) is 9.95. The topological polar surface area (TPSA) is 69.2 Å². The van der Waals surface area contributed by atoms with Crippen molar-refractivity contribution in [2.24, 2.45) is 0 Å². The number of carboxylic acids is 1. The highest BCUT2D eigenvalue weighted by Crippen LogP contribution is 2.29. The molecule has 1 aromatic rings. The lowest BCUT2D eigenvalue weighted by Crippen LogP contribution is -2.37. The van der Waals surface area contributed by atoms with Crippen LogP contribution in [-0.4, -0.2) is 50.8 Å². The van der Waals surface area contributed by atoms with E-state index in [1.165, 1.54) is 0 Å². The Morgan fingerprint density at radius 2 is 2.17 bits per heavy atom. The average molecular weight is 271 g/mol. The van der Waals surface area contributed by atoms with Gasteiger partial charge in [-0.2, -0.15) is 0 Å². The van der Waals surface area contributed by atoms with Gasteiger partial charge in [0.15, 0.2) is 5.16 Å². The van der Waals surface area contributed by atoms with E-state index in [1.54, 1.807) is 37.0 Å². The summed E-state index contributed by atoms with van der Waals surface area (Å²) in [6.07, 6.45) is 2.15. The molecule has 1 rings (SSSR count). The van der Waals surface area contributed by atoms with E-state index in [-0.39, 0.29) is 4.75 Å². The van der Waals surface area contributed by atoms with E-state index >= 15 is 0 Å². The monoisotopic (exact) mass is 271 g/mol. The second kappa shape index (κ2) is 5.75. The van der Waals surface area contributed by atoms with Crippen LogP contribution in [0, 0.1) is 0 Å². The van der Waals surface area contributed by atoms with E-state index in [1.807, 2.05) is 0 Å². The Morgan fingerprint density at radius 1 is 1.56 bits per heavy atom. The van der Waals surface area contributed by atoms with Crippen molar-refractivity contribution in [3.05, 3.63) is 11.9 Å². The molecule has 0 aromatic carbocycles. The van der Waals surface area contributed by atoms with Gasteiger partial charge >= 0.3 is 5.97 Å². The number of carbonyl (C=O) groups is 1. The van der Waals surface area contributed by atoms with E-state index in [4.69, 9.17) is 5.11 Å². The predicted molar refractivity (Wildman–Crippen MR) is 73.0 cm³/mol. The molecule has 0 radical (unpaired) electrons. The molecule has 0 amide bonds. The van der Waals surface area contributed by atoms with Crippen LogP contribution in [0.25, 0.3) is 0 Å². The standard InChI is InChI=1S/C12H21N3O2S/c1-12(2,3)18-11-13-7-8(14-11)6-9(10(16)17)15(4)5/h7,9H,6H2,1-5H3,(H,13,14)(H,16,17)/t9-/m0/s1. The maximum atomic E-state index is 11.1. The number of H-pyrrole nitrogens is 1. The number of imidazole rings is 1. The average Bonchev–Trinajstić information content (AvgIpc) is 2.58.